The van der Waals surface area contributed by atoms with Gasteiger partial charge in [0.25, 0.3) is 0 Å². The van der Waals surface area contributed by atoms with Gasteiger partial charge in [0.1, 0.15) is 11.7 Å². The highest BCUT2D eigenvalue weighted by Crippen LogP contribution is 2.24. The van der Waals surface area contributed by atoms with Crippen LogP contribution in [0.5, 0.6) is 0 Å². The Bertz CT molecular complexity index is 622. The lowest BCUT2D eigenvalue weighted by atomic mass is 10.1. The number of unbranched alkanes of at least 4 members (excludes halogenated alkanes) is 9. The average Bonchev–Trinajstić information content (AvgIpc) is 3.11. The van der Waals surface area contributed by atoms with Gasteiger partial charge in [-0.2, -0.15) is 0 Å². The van der Waals surface area contributed by atoms with Crippen LogP contribution in [0.15, 0.2) is 24.3 Å². The number of nitrogens with zero attached hydrogens (tertiary/aromatic N) is 4. The SMILES string of the molecule is CCCCCCCCCCC(N(C)CCCCC)n1nnc2ccccc21. The zero-order chi connectivity index (χ0) is 19.3. The predicted octanol–water partition coefficient (Wildman–Crippen LogP) is 6.58. The van der Waals surface area contributed by atoms with Gasteiger partial charge in [-0.25, -0.2) is 4.68 Å². The monoisotopic (exact) mass is 372 g/mol. The van der Waals surface area contributed by atoms with Crippen molar-refractivity contribution in [1.82, 2.24) is 19.9 Å². The second-order valence-electron chi connectivity index (χ2n) is 7.95. The molecule has 1 aromatic heterocycles. The molecule has 0 N–H and O–H groups in total. The summed E-state index contributed by atoms with van der Waals surface area (Å²) in [4.78, 5) is 2.48. The van der Waals surface area contributed by atoms with Crippen molar-refractivity contribution in [2.45, 2.75) is 97.1 Å². The molecule has 4 nitrogen and oxygen atoms in total. The van der Waals surface area contributed by atoms with E-state index in [-0.39, 0.29) is 0 Å². The first-order chi connectivity index (χ1) is 13.3. The minimum absolute atomic E-state index is 0.314. The van der Waals surface area contributed by atoms with Crippen molar-refractivity contribution in [2.75, 3.05) is 13.6 Å². The van der Waals surface area contributed by atoms with Gasteiger partial charge in [-0.05, 0) is 45.0 Å². The lowest BCUT2D eigenvalue weighted by molar-refractivity contribution is 0.147. The largest absolute Gasteiger partial charge is 0.285 e. The van der Waals surface area contributed by atoms with E-state index in [4.69, 9.17) is 0 Å². The van der Waals surface area contributed by atoms with E-state index in [0.717, 1.165) is 24.0 Å². The third kappa shape index (κ3) is 7.25. The molecule has 4 heteroatoms. The van der Waals surface area contributed by atoms with Gasteiger partial charge in [0.05, 0.1) is 5.52 Å². The van der Waals surface area contributed by atoms with E-state index in [1.54, 1.807) is 0 Å². The Morgan fingerprint density at radius 2 is 1.48 bits per heavy atom. The number of aromatic nitrogens is 3. The fourth-order valence-electron chi connectivity index (χ4n) is 3.86. The average molecular weight is 373 g/mol. The molecule has 1 unspecified atom stereocenters. The van der Waals surface area contributed by atoms with Crippen molar-refractivity contribution in [1.29, 1.82) is 0 Å². The van der Waals surface area contributed by atoms with Gasteiger partial charge in [-0.1, -0.05) is 89.0 Å². The zero-order valence-electron chi connectivity index (χ0n) is 17.9. The van der Waals surface area contributed by atoms with E-state index >= 15 is 0 Å². The van der Waals surface area contributed by atoms with Crippen LogP contribution in [0.2, 0.25) is 0 Å². The van der Waals surface area contributed by atoms with E-state index < -0.39 is 0 Å². The number of para-hydroxylation sites is 1. The smallest absolute Gasteiger partial charge is 0.113 e. The maximum absolute atomic E-state index is 4.52. The first-order valence-corrected chi connectivity index (χ1v) is 11.3. The lowest BCUT2D eigenvalue weighted by Crippen LogP contribution is -2.31. The predicted molar refractivity (Wildman–Crippen MR) is 116 cm³/mol. The van der Waals surface area contributed by atoms with Crippen LogP contribution >= 0.6 is 0 Å². The Morgan fingerprint density at radius 1 is 0.852 bits per heavy atom. The third-order valence-corrected chi connectivity index (χ3v) is 5.60. The number of hydrogen-bond acceptors (Lipinski definition) is 3. The highest BCUT2D eigenvalue weighted by Gasteiger charge is 2.19. The molecule has 0 amide bonds. The van der Waals surface area contributed by atoms with Crippen molar-refractivity contribution >= 4 is 11.0 Å². The molecular formula is C23H40N4. The Labute approximate surface area is 166 Å². The molecule has 0 radical (unpaired) electrons. The van der Waals surface area contributed by atoms with Crippen LogP contribution in [-0.4, -0.2) is 33.5 Å². The van der Waals surface area contributed by atoms with Crippen LogP contribution < -0.4 is 0 Å². The van der Waals surface area contributed by atoms with E-state index in [9.17, 15) is 0 Å². The van der Waals surface area contributed by atoms with Gasteiger partial charge in [-0.15, -0.1) is 5.10 Å². The molecule has 1 aromatic carbocycles. The standard InChI is InChI=1S/C23H40N4/c1-4-6-8-9-10-11-12-13-19-23(26(3)20-16-7-5-2)27-22-18-15-14-17-21(22)24-25-27/h14-15,17-18,23H,4-13,16,19-20H2,1-3H3. The number of rotatable bonds is 15. The molecule has 0 saturated heterocycles. The molecule has 0 aliphatic heterocycles. The summed E-state index contributed by atoms with van der Waals surface area (Å²) in [6, 6.07) is 8.34. The summed E-state index contributed by atoms with van der Waals surface area (Å²) >= 11 is 0. The molecular weight excluding hydrogens is 332 g/mol. The van der Waals surface area contributed by atoms with Crippen LogP contribution in [0.25, 0.3) is 11.0 Å². The van der Waals surface area contributed by atoms with E-state index in [0.29, 0.717) is 6.17 Å². The molecule has 0 fully saturated rings. The first kappa shape index (κ1) is 21.9. The fraction of sp³-hybridized carbons (Fsp3) is 0.739. The molecule has 2 aromatic rings. The first-order valence-electron chi connectivity index (χ1n) is 11.3. The minimum Gasteiger partial charge on any atom is -0.285 e. The van der Waals surface area contributed by atoms with Gasteiger partial charge in [0, 0.05) is 0 Å². The normalized spacial score (nSPS) is 12.9. The fourth-order valence-corrected chi connectivity index (χ4v) is 3.86. The van der Waals surface area contributed by atoms with Gasteiger partial charge in [-0.3, -0.25) is 4.90 Å². The molecule has 0 saturated carbocycles. The van der Waals surface area contributed by atoms with Crippen molar-refractivity contribution in [3.8, 4) is 0 Å². The summed E-state index contributed by atoms with van der Waals surface area (Å²) in [7, 11) is 2.25. The molecule has 1 atom stereocenters. The third-order valence-electron chi connectivity index (χ3n) is 5.60. The number of fused-ring (bicyclic) bond motifs is 1. The lowest BCUT2D eigenvalue weighted by Gasteiger charge is -2.28. The molecule has 152 valence electrons. The minimum atomic E-state index is 0.314. The summed E-state index contributed by atoms with van der Waals surface area (Å²) in [5, 5.41) is 8.91. The van der Waals surface area contributed by atoms with E-state index in [1.807, 2.05) is 6.07 Å². The van der Waals surface area contributed by atoms with Crippen LogP contribution in [0.3, 0.4) is 0 Å². The molecule has 0 spiro atoms. The Morgan fingerprint density at radius 3 is 2.22 bits per heavy atom. The van der Waals surface area contributed by atoms with Gasteiger partial charge in [0.15, 0.2) is 0 Å². The molecule has 27 heavy (non-hydrogen) atoms. The molecule has 1 heterocycles. The quantitative estimate of drug-likeness (QED) is 0.331. The number of benzene rings is 1. The van der Waals surface area contributed by atoms with Crippen molar-refractivity contribution < 1.29 is 0 Å². The van der Waals surface area contributed by atoms with Crippen molar-refractivity contribution in [3.63, 3.8) is 0 Å². The van der Waals surface area contributed by atoms with Crippen LogP contribution in [-0.2, 0) is 0 Å². The summed E-state index contributed by atoms with van der Waals surface area (Å²) in [5.41, 5.74) is 2.16. The summed E-state index contributed by atoms with van der Waals surface area (Å²) in [6.07, 6.45) is 16.2. The summed E-state index contributed by atoms with van der Waals surface area (Å²) in [5.74, 6) is 0. The Balaban J connectivity index is 1.90. The van der Waals surface area contributed by atoms with E-state index in [1.165, 1.54) is 70.6 Å². The molecule has 2 rings (SSSR count). The van der Waals surface area contributed by atoms with Gasteiger partial charge < -0.3 is 0 Å². The maximum Gasteiger partial charge on any atom is 0.113 e. The van der Waals surface area contributed by atoms with Crippen molar-refractivity contribution in [2.24, 2.45) is 0 Å². The second kappa shape index (κ2) is 12.9. The van der Waals surface area contributed by atoms with Gasteiger partial charge >= 0.3 is 0 Å². The topological polar surface area (TPSA) is 34.0 Å². The zero-order valence-corrected chi connectivity index (χ0v) is 17.9. The highest BCUT2D eigenvalue weighted by molar-refractivity contribution is 5.73. The number of hydrogen-bond donors (Lipinski definition) is 0. The van der Waals surface area contributed by atoms with Gasteiger partial charge in [0.2, 0.25) is 0 Å². The van der Waals surface area contributed by atoms with Crippen molar-refractivity contribution in [3.05, 3.63) is 24.3 Å². The Hall–Kier alpha value is -1.42. The summed E-state index contributed by atoms with van der Waals surface area (Å²) in [6.45, 7) is 5.68. The van der Waals surface area contributed by atoms with Crippen LogP contribution in [0.4, 0.5) is 0 Å². The van der Waals surface area contributed by atoms with E-state index in [2.05, 4.69) is 59.0 Å². The molecule has 0 aliphatic carbocycles. The van der Waals surface area contributed by atoms with Crippen LogP contribution in [0, 0.1) is 0 Å². The molecule has 0 bridgehead atoms. The second-order valence-corrected chi connectivity index (χ2v) is 7.95. The highest BCUT2D eigenvalue weighted by atomic mass is 15.5. The summed E-state index contributed by atoms with van der Waals surface area (Å²) < 4.78 is 2.16. The Kier molecular flexibility index (Phi) is 10.4. The molecule has 0 aliphatic rings. The maximum atomic E-state index is 4.52. The van der Waals surface area contributed by atoms with Crippen LogP contribution in [0.1, 0.15) is 97.1 Å².